The van der Waals surface area contributed by atoms with Crippen LogP contribution in [0.1, 0.15) is 0 Å². The monoisotopic (exact) mass is 477 g/mol. The highest BCUT2D eigenvalue weighted by Gasteiger charge is 2.22. The van der Waals surface area contributed by atoms with Crippen LogP contribution < -0.4 is 11.1 Å². The Bertz CT molecular complexity index is 1210. The summed E-state index contributed by atoms with van der Waals surface area (Å²) in [7, 11) is -2.93. The van der Waals surface area contributed by atoms with Crippen LogP contribution in [0.25, 0.3) is 22.4 Å². The summed E-state index contributed by atoms with van der Waals surface area (Å²) in [6.07, 6.45) is 4.65. The highest BCUT2D eigenvalue weighted by Crippen LogP contribution is 2.36. The largest absolute Gasteiger partial charge is 0.368 e. The molecular formula is C20H21ClFN7O2S. The van der Waals surface area contributed by atoms with Gasteiger partial charge in [-0.15, -0.1) is 0 Å². The fourth-order valence-electron chi connectivity index (χ4n) is 3.47. The van der Waals surface area contributed by atoms with E-state index in [2.05, 4.69) is 30.2 Å². The molecule has 0 saturated carbocycles. The number of nitrogens with zero attached hydrogens (tertiary/aromatic N) is 5. The molecule has 0 amide bonds. The number of nitrogen functional groups attached to an aromatic ring is 1. The molecule has 3 heterocycles. The van der Waals surface area contributed by atoms with Crippen LogP contribution in [-0.2, 0) is 9.84 Å². The molecule has 12 heteroatoms. The zero-order valence-corrected chi connectivity index (χ0v) is 18.6. The Morgan fingerprint density at radius 1 is 1.12 bits per heavy atom. The lowest BCUT2D eigenvalue weighted by molar-refractivity contribution is 0.307. The SMILES string of the molecule is Nc1nc(NCCN2CCS(=O)(=O)CC2)c(-c2cncnc2)c(-c2ccc(F)c(Cl)c2)n1. The average molecular weight is 478 g/mol. The van der Waals surface area contributed by atoms with Crippen molar-refractivity contribution in [3.8, 4) is 22.4 Å². The highest BCUT2D eigenvalue weighted by atomic mass is 35.5. The zero-order chi connectivity index (χ0) is 22.7. The number of nitrogens with two attached hydrogens (primary N) is 1. The van der Waals surface area contributed by atoms with E-state index >= 15 is 0 Å². The molecule has 0 radical (unpaired) electrons. The predicted octanol–water partition coefficient (Wildman–Crippen LogP) is 2.12. The van der Waals surface area contributed by atoms with E-state index in [-0.39, 0.29) is 22.5 Å². The van der Waals surface area contributed by atoms with Crippen LogP contribution in [0.4, 0.5) is 16.2 Å². The van der Waals surface area contributed by atoms with E-state index in [0.717, 1.165) is 0 Å². The van der Waals surface area contributed by atoms with Crippen LogP contribution in [0, 0.1) is 5.82 Å². The van der Waals surface area contributed by atoms with Crippen molar-refractivity contribution < 1.29 is 12.8 Å². The Kier molecular flexibility index (Phi) is 6.49. The molecule has 0 spiro atoms. The molecule has 1 aliphatic rings. The molecule has 1 aliphatic heterocycles. The minimum absolute atomic E-state index is 0.0348. The van der Waals surface area contributed by atoms with Gasteiger partial charge in [-0.2, -0.15) is 4.98 Å². The number of hydrogen-bond donors (Lipinski definition) is 2. The van der Waals surface area contributed by atoms with Crippen LogP contribution in [-0.4, -0.2) is 70.9 Å². The molecule has 3 aromatic rings. The molecule has 2 aromatic heterocycles. The van der Waals surface area contributed by atoms with E-state index in [0.29, 0.717) is 54.4 Å². The molecule has 1 saturated heterocycles. The molecule has 0 unspecified atom stereocenters. The second kappa shape index (κ2) is 9.31. The van der Waals surface area contributed by atoms with Gasteiger partial charge in [0.05, 0.1) is 27.8 Å². The lowest BCUT2D eigenvalue weighted by Crippen LogP contribution is -2.42. The summed E-state index contributed by atoms with van der Waals surface area (Å²) < 4.78 is 37.0. The first-order chi connectivity index (χ1) is 15.3. The van der Waals surface area contributed by atoms with Gasteiger partial charge in [0.25, 0.3) is 0 Å². The minimum atomic E-state index is -2.93. The van der Waals surface area contributed by atoms with E-state index in [1.165, 1.54) is 18.5 Å². The summed E-state index contributed by atoms with van der Waals surface area (Å²) in [6, 6.07) is 4.30. The van der Waals surface area contributed by atoms with E-state index in [1.54, 1.807) is 18.5 Å². The van der Waals surface area contributed by atoms with Crippen LogP contribution in [0.2, 0.25) is 5.02 Å². The number of hydrogen-bond acceptors (Lipinski definition) is 9. The summed E-state index contributed by atoms with van der Waals surface area (Å²) in [5.41, 5.74) is 8.25. The van der Waals surface area contributed by atoms with E-state index < -0.39 is 15.7 Å². The van der Waals surface area contributed by atoms with Gasteiger partial charge in [-0.1, -0.05) is 11.6 Å². The number of benzene rings is 1. The van der Waals surface area contributed by atoms with Gasteiger partial charge in [-0.05, 0) is 18.2 Å². The van der Waals surface area contributed by atoms with Crippen LogP contribution in [0.3, 0.4) is 0 Å². The van der Waals surface area contributed by atoms with Gasteiger partial charge in [0.15, 0.2) is 9.84 Å². The van der Waals surface area contributed by atoms with Crippen molar-refractivity contribution in [3.05, 3.63) is 47.8 Å². The van der Waals surface area contributed by atoms with Gasteiger partial charge in [0.1, 0.15) is 18.0 Å². The van der Waals surface area contributed by atoms with Gasteiger partial charge in [0.2, 0.25) is 5.95 Å². The van der Waals surface area contributed by atoms with E-state index in [4.69, 9.17) is 17.3 Å². The van der Waals surface area contributed by atoms with Crippen LogP contribution in [0.15, 0.2) is 36.9 Å². The Morgan fingerprint density at radius 2 is 1.84 bits per heavy atom. The molecule has 1 fully saturated rings. The van der Waals surface area contributed by atoms with Crippen molar-refractivity contribution in [3.63, 3.8) is 0 Å². The summed E-state index contributed by atoms with van der Waals surface area (Å²) >= 11 is 5.99. The number of sulfone groups is 1. The molecule has 4 rings (SSSR count). The third-order valence-corrected chi connectivity index (χ3v) is 7.02. The third-order valence-electron chi connectivity index (χ3n) is 5.13. The number of anilines is 2. The Morgan fingerprint density at radius 3 is 2.53 bits per heavy atom. The van der Waals surface area contributed by atoms with Crippen LogP contribution >= 0.6 is 11.6 Å². The second-order valence-electron chi connectivity index (χ2n) is 7.33. The topological polar surface area (TPSA) is 127 Å². The lowest BCUT2D eigenvalue weighted by atomic mass is 10.0. The highest BCUT2D eigenvalue weighted by molar-refractivity contribution is 7.91. The first-order valence-corrected chi connectivity index (χ1v) is 12.1. The normalized spacial score (nSPS) is 16.1. The summed E-state index contributed by atoms with van der Waals surface area (Å²) in [4.78, 5) is 19.0. The number of rotatable bonds is 6. The molecule has 168 valence electrons. The predicted molar refractivity (Wildman–Crippen MR) is 121 cm³/mol. The van der Waals surface area contributed by atoms with Crippen molar-refractivity contribution in [2.75, 3.05) is 48.7 Å². The molecule has 32 heavy (non-hydrogen) atoms. The fraction of sp³-hybridized carbons (Fsp3) is 0.300. The maximum Gasteiger partial charge on any atom is 0.222 e. The summed E-state index contributed by atoms with van der Waals surface area (Å²) in [5, 5.41) is 3.23. The molecule has 3 N–H and O–H groups in total. The Hall–Kier alpha value is -2.89. The fourth-order valence-corrected chi connectivity index (χ4v) is 4.92. The lowest BCUT2D eigenvalue weighted by Gasteiger charge is -2.26. The quantitative estimate of drug-likeness (QED) is 0.548. The minimum Gasteiger partial charge on any atom is -0.368 e. The first-order valence-electron chi connectivity index (χ1n) is 9.87. The van der Waals surface area contributed by atoms with Gasteiger partial charge in [0, 0.05) is 49.7 Å². The second-order valence-corrected chi connectivity index (χ2v) is 10.0. The van der Waals surface area contributed by atoms with Crippen molar-refractivity contribution in [2.45, 2.75) is 0 Å². The van der Waals surface area contributed by atoms with Crippen molar-refractivity contribution in [2.24, 2.45) is 0 Å². The number of halogens is 2. The average Bonchev–Trinajstić information content (AvgIpc) is 2.77. The smallest absolute Gasteiger partial charge is 0.222 e. The van der Waals surface area contributed by atoms with Crippen LogP contribution in [0.5, 0.6) is 0 Å². The number of nitrogens with one attached hydrogen (secondary N) is 1. The van der Waals surface area contributed by atoms with E-state index in [9.17, 15) is 12.8 Å². The third kappa shape index (κ3) is 5.12. The van der Waals surface area contributed by atoms with Crippen molar-refractivity contribution in [1.29, 1.82) is 0 Å². The Balaban J connectivity index is 1.65. The maximum atomic E-state index is 13.7. The van der Waals surface area contributed by atoms with Crippen molar-refractivity contribution in [1.82, 2.24) is 24.8 Å². The summed E-state index contributed by atoms with van der Waals surface area (Å²) in [6.45, 7) is 2.12. The van der Waals surface area contributed by atoms with Crippen molar-refractivity contribution >= 4 is 33.2 Å². The first kappa shape index (κ1) is 22.3. The number of aromatic nitrogens is 4. The van der Waals surface area contributed by atoms with Gasteiger partial charge in [-0.3, -0.25) is 4.90 Å². The zero-order valence-electron chi connectivity index (χ0n) is 17.0. The molecule has 1 aromatic carbocycles. The molecular weight excluding hydrogens is 457 g/mol. The molecule has 0 aliphatic carbocycles. The summed E-state index contributed by atoms with van der Waals surface area (Å²) in [5.74, 6) is 0.286. The molecule has 0 atom stereocenters. The molecule has 0 bridgehead atoms. The van der Waals surface area contributed by atoms with E-state index in [1.807, 2.05) is 0 Å². The van der Waals surface area contributed by atoms with Gasteiger partial charge in [-0.25, -0.2) is 27.8 Å². The molecule has 9 nitrogen and oxygen atoms in total. The maximum absolute atomic E-state index is 13.7. The standard InChI is InChI=1S/C20H21ClFN7O2S/c21-15-9-13(1-2-16(15)22)18-17(14-10-24-12-25-11-14)19(28-20(23)27-18)26-3-4-29-5-7-32(30,31)8-6-29/h1-2,9-12H,3-8H2,(H3,23,26,27,28). The van der Waals surface area contributed by atoms with Gasteiger partial charge < -0.3 is 11.1 Å². The Labute approximate surface area is 189 Å². The van der Waals surface area contributed by atoms with Gasteiger partial charge >= 0.3 is 0 Å².